The zero-order valence-corrected chi connectivity index (χ0v) is 10.9. The molecule has 0 bridgehead atoms. The largest absolute Gasteiger partial charge is 0.479 e. The summed E-state index contributed by atoms with van der Waals surface area (Å²) in [6, 6.07) is -0.267. The number of nitrogens with zero attached hydrogens (tertiary/aromatic N) is 3. The Morgan fingerprint density at radius 1 is 1.60 bits per heavy atom. The SMILES string of the molecule is O=C(O)C1CN(C(=O)NCCCc2ncn[nH]2)CCO1. The van der Waals surface area contributed by atoms with Gasteiger partial charge >= 0.3 is 12.0 Å². The lowest BCUT2D eigenvalue weighted by Gasteiger charge is -2.30. The van der Waals surface area contributed by atoms with Crippen molar-refractivity contribution in [2.24, 2.45) is 0 Å². The fourth-order valence-electron chi connectivity index (χ4n) is 1.90. The maximum absolute atomic E-state index is 11.9. The van der Waals surface area contributed by atoms with Crippen LogP contribution in [0.25, 0.3) is 0 Å². The van der Waals surface area contributed by atoms with Crippen LogP contribution >= 0.6 is 0 Å². The molecule has 1 atom stereocenters. The zero-order chi connectivity index (χ0) is 14.4. The minimum Gasteiger partial charge on any atom is -0.479 e. The number of carbonyl (C=O) groups is 2. The number of hydrogen-bond acceptors (Lipinski definition) is 5. The highest BCUT2D eigenvalue weighted by atomic mass is 16.5. The molecule has 0 radical (unpaired) electrons. The molecule has 1 saturated heterocycles. The minimum absolute atomic E-state index is 0.0727. The normalized spacial score (nSPS) is 18.8. The van der Waals surface area contributed by atoms with Gasteiger partial charge in [-0.25, -0.2) is 14.6 Å². The summed E-state index contributed by atoms with van der Waals surface area (Å²) in [5.41, 5.74) is 0. The van der Waals surface area contributed by atoms with Gasteiger partial charge in [0.1, 0.15) is 12.2 Å². The van der Waals surface area contributed by atoms with E-state index >= 15 is 0 Å². The van der Waals surface area contributed by atoms with Crippen LogP contribution < -0.4 is 5.32 Å². The van der Waals surface area contributed by atoms with Gasteiger partial charge in [0.15, 0.2) is 6.10 Å². The van der Waals surface area contributed by atoms with Crippen molar-refractivity contribution < 1.29 is 19.4 Å². The van der Waals surface area contributed by atoms with Crippen molar-refractivity contribution in [3.05, 3.63) is 12.2 Å². The molecular formula is C11H17N5O4. The highest BCUT2D eigenvalue weighted by Gasteiger charge is 2.28. The summed E-state index contributed by atoms with van der Waals surface area (Å²) in [6.07, 6.45) is 1.92. The third-order valence-electron chi connectivity index (χ3n) is 2.96. The number of ether oxygens (including phenoxy) is 1. The Morgan fingerprint density at radius 2 is 2.45 bits per heavy atom. The van der Waals surface area contributed by atoms with E-state index in [1.54, 1.807) is 0 Å². The fourth-order valence-corrected chi connectivity index (χ4v) is 1.90. The van der Waals surface area contributed by atoms with E-state index in [1.165, 1.54) is 11.2 Å². The summed E-state index contributed by atoms with van der Waals surface area (Å²) in [5, 5.41) is 18.1. The van der Waals surface area contributed by atoms with Crippen LogP contribution in [0.3, 0.4) is 0 Å². The van der Waals surface area contributed by atoms with Crippen molar-refractivity contribution >= 4 is 12.0 Å². The third-order valence-corrected chi connectivity index (χ3v) is 2.96. The van der Waals surface area contributed by atoms with Crippen LogP contribution in [0.1, 0.15) is 12.2 Å². The van der Waals surface area contributed by atoms with Crippen molar-refractivity contribution in [1.29, 1.82) is 0 Å². The zero-order valence-electron chi connectivity index (χ0n) is 10.9. The van der Waals surface area contributed by atoms with Gasteiger partial charge in [0.25, 0.3) is 0 Å². The molecule has 3 N–H and O–H groups in total. The molecule has 2 amide bonds. The van der Waals surface area contributed by atoms with Crippen molar-refractivity contribution in [3.8, 4) is 0 Å². The highest BCUT2D eigenvalue weighted by Crippen LogP contribution is 2.05. The summed E-state index contributed by atoms with van der Waals surface area (Å²) in [4.78, 5) is 28.1. The number of aryl methyl sites for hydroxylation is 1. The first-order chi connectivity index (χ1) is 9.66. The lowest BCUT2D eigenvalue weighted by atomic mass is 10.3. The Balaban J connectivity index is 1.67. The number of urea groups is 1. The van der Waals surface area contributed by atoms with Crippen molar-refractivity contribution in [2.45, 2.75) is 18.9 Å². The molecule has 110 valence electrons. The van der Waals surface area contributed by atoms with E-state index in [4.69, 9.17) is 9.84 Å². The van der Waals surface area contributed by atoms with Gasteiger partial charge in [-0.3, -0.25) is 5.10 Å². The summed E-state index contributed by atoms with van der Waals surface area (Å²) < 4.78 is 5.05. The second-order valence-corrected chi connectivity index (χ2v) is 4.41. The summed E-state index contributed by atoms with van der Waals surface area (Å²) in [7, 11) is 0. The van der Waals surface area contributed by atoms with Crippen LogP contribution in [0.5, 0.6) is 0 Å². The molecule has 1 aromatic rings. The standard InChI is InChI=1S/C11H17N5O4/c17-10(18)8-6-16(4-5-20-8)11(19)12-3-1-2-9-13-7-14-15-9/h7-8H,1-6H2,(H,12,19)(H,17,18)(H,13,14,15). The van der Waals surface area contributed by atoms with Gasteiger partial charge < -0.3 is 20.1 Å². The van der Waals surface area contributed by atoms with Crippen molar-refractivity contribution in [2.75, 3.05) is 26.2 Å². The molecule has 1 aliphatic rings. The van der Waals surface area contributed by atoms with Crippen molar-refractivity contribution in [3.63, 3.8) is 0 Å². The molecule has 0 aliphatic carbocycles. The average molecular weight is 283 g/mol. The van der Waals surface area contributed by atoms with Gasteiger partial charge in [0.2, 0.25) is 0 Å². The highest BCUT2D eigenvalue weighted by molar-refractivity contribution is 5.77. The average Bonchev–Trinajstić information content (AvgIpc) is 2.96. The number of carbonyl (C=O) groups excluding carboxylic acids is 1. The topological polar surface area (TPSA) is 120 Å². The third kappa shape index (κ3) is 3.92. The minimum atomic E-state index is -1.05. The van der Waals surface area contributed by atoms with E-state index in [2.05, 4.69) is 20.5 Å². The molecule has 2 rings (SSSR count). The fraction of sp³-hybridized carbons (Fsp3) is 0.636. The first kappa shape index (κ1) is 14.3. The maximum Gasteiger partial charge on any atom is 0.334 e. The number of H-pyrrole nitrogens is 1. The molecule has 2 heterocycles. The number of nitrogens with one attached hydrogen (secondary N) is 2. The quantitative estimate of drug-likeness (QED) is 0.610. The molecule has 1 aliphatic heterocycles. The van der Waals surface area contributed by atoms with Gasteiger partial charge in [-0.15, -0.1) is 0 Å². The second-order valence-electron chi connectivity index (χ2n) is 4.41. The first-order valence-electron chi connectivity index (χ1n) is 6.38. The van der Waals surface area contributed by atoms with Crippen LogP contribution in [0, 0.1) is 0 Å². The Kier molecular flexibility index (Phi) is 4.88. The van der Waals surface area contributed by atoms with Crippen LogP contribution in [-0.4, -0.2) is 69.5 Å². The molecule has 0 saturated carbocycles. The van der Waals surface area contributed by atoms with E-state index in [0.29, 0.717) is 19.5 Å². The van der Waals surface area contributed by atoms with Crippen LogP contribution in [-0.2, 0) is 16.0 Å². The van der Waals surface area contributed by atoms with E-state index in [1.807, 2.05) is 0 Å². The number of aliphatic carboxylic acids is 1. The first-order valence-corrected chi connectivity index (χ1v) is 6.38. The van der Waals surface area contributed by atoms with Crippen LogP contribution in [0.15, 0.2) is 6.33 Å². The van der Waals surface area contributed by atoms with E-state index in [-0.39, 0.29) is 19.2 Å². The maximum atomic E-state index is 11.9. The smallest absolute Gasteiger partial charge is 0.334 e. The van der Waals surface area contributed by atoms with Gasteiger partial charge in [0, 0.05) is 19.5 Å². The molecule has 0 spiro atoms. The van der Waals surface area contributed by atoms with E-state index in [9.17, 15) is 9.59 Å². The lowest BCUT2D eigenvalue weighted by molar-refractivity contribution is -0.154. The van der Waals surface area contributed by atoms with Gasteiger partial charge in [-0.2, -0.15) is 5.10 Å². The number of amides is 2. The Bertz CT molecular complexity index is 450. The Labute approximate surface area is 115 Å². The Hall–Kier alpha value is -2.16. The summed E-state index contributed by atoms with van der Waals surface area (Å²) in [5.74, 6) is -0.274. The monoisotopic (exact) mass is 283 g/mol. The van der Waals surface area contributed by atoms with Gasteiger partial charge in [-0.1, -0.05) is 0 Å². The van der Waals surface area contributed by atoms with Gasteiger partial charge in [0.05, 0.1) is 13.2 Å². The molecule has 0 aromatic carbocycles. The van der Waals surface area contributed by atoms with Crippen LogP contribution in [0.2, 0.25) is 0 Å². The number of aromatic amines is 1. The molecule has 9 heteroatoms. The molecule has 1 aromatic heterocycles. The second kappa shape index (κ2) is 6.85. The number of rotatable bonds is 5. The number of hydrogen-bond donors (Lipinski definition) is 3. The molecule has 1 unspecified atom stereocenters. The molecular weight excluding hydrogens is 266 g/mol. The number of morpholine rings is 1. The summed E-state index contributed by atoms with van der Waals surface area (Å²) in [6.45, 7) is 1.21. The molecule has 9 nitrogen and oxygen atoms in total. The molecule has 20 heavy (non-hydrogen) atoms. The van der Waals surface area contributed by atoms with Crippen LogP contribution in [0.4, 0.5) is 4.79 Å². The number of aromatic nitrogens is 3. The number of carboxylic acids is 1. The van der Waals surface area contributed by atoms with E-state index in [0.717, 1.165) is 12.2 Å². The Morgan fingerprint density at radius 3 is 3.15 bits per heavy atom. The van der Waals surface area contributed by atoms with Gasteiger partial charge in [-0.05, 0) is 6.42 Å². The predicted molar refractivity (Wildman–Crippen MR) is 67.1 cm³/mol. The number of carboxylic acid groups (broad SMARTS) is 1. The predicted octanol–water partition coefficient (Wildman–Crippen LogP) is -0.768. The summed E-state index contributed by atoms with van der Waals surface area (Å²) >= 11 is 0. The van der Waals surface area contributed by atoms with Crippen molar-refractivity contribution in [1.82, 2.24) is 25.4 Å². The van der Waals surface area contributed by atoms with E-state index < -0.39 is 12.1 Å². The lowest BCUT2D eigenvalue weighted by Crippen LogP contribution is -2.51. The molecule has 1 fully saturated rings.